The standard InChI is InChI=1S/C16H25NO3/c1-16(2)12-17(10-14(11-18)20-16)9-8-15(19)13-6-4-3-5-7-13/h3-7,14-15,18-19H,8-12H2,1-2H3. The first kappa shape index (κ1) is 15.4. The lowest BCUT2D eigenvalue weighted by Gasteiger charge is -2.42. The molecule has 2 N–H and O–H groups in total. The summed E-state index contributed by atoms with van der Waals surface area (Å²) in [4.78, 5) is 2.26. The van der Waals surface area contributed by atoms with Crippen molar-refractivity contribution in [3.8, 4) is 0 Å². The van der Waals surface area contributed by atoms with Gasteiger partial charge in [0.1, 0.15) is 0 Å². The first-order valence-electron chi connectivity index (χ1n) is 7.24. The summed E-state index contributed by atoms with van der Waals surface area (Å²) in [5, 5.41) is 19.5. The SMILES string of the molecule is CC1(C)CN(CCC(O)c2ccccc2)CC(CO)O1. The summed E-state index contributed by atoms with van der Waals surface area (Å²) in [6.45, 7) is 6.47. The highest BCUT2D eigenvalue weighted by atomic mass is 16.5. The third-order valence-corrected chi connectivity index (χ3v) is 3.66. The maximum Gasteiger partial charge on any atom is 0.0940 e. The van der Waals surface area contributed by atoms with Crippen LogP contribution in [0, 0.1) is 0 Å². The van der Waals surface area contributed by atoms with Gasteiger partial charge in [-0.15, -0.1) is 0 Å². The van der Waals surface area contributed by atoms with Gasteiger partial charge in [0.05, 0.1) is 24.4 Å². The zero-order chi connectivity index (χ0) is 14.6. The van der Waals surface area contributed by atoms with Crippen molar-refractivity contribution in [1.29, 1.82) is 0 Å². The van der Waals surface area contributed by atoms with Crippen LogP contribution in [0.2, 0.25) is 0 Å². The first-order valence-corrected chi connectivity index (χ1v) is 7.24. The van der Waals surface area contributed by atoms with Gasteiger partial charge >= 0.3 is 0 Å². The summed E-state index contributed by atoms with van der Waals surface area (Å²) in [5.41, 5.74) is 0.710. The fraction of sp³-hybridized carbons (Fsp3) is 0.625. The Kier molecular flexibility index (Phi) is 5.16. The molecule has 1 fully saturated rings. The van der Waals surface area contributed by atoms with Crippen LogP contribution in [0.3, 0.4) is 0 Å². The van der Waals surface area contributed by atoms with Crippen LogP contribution in [-0.2, 0) is 4.74 Å². The van der Waals surface area contributed by atoms with Crippen LogP contribution in [-0.4, -0.2) is 53.1 Å². The van der Waals surface area contributed by atoms with Crippen LogP contribution < -0.4 is 0 Å². The maximum absolute atomic E-state index is 10.2. The smallest absolute Gasteiger partial charge is 0.0940 e. The Hall–Kier alpha value is -0.940. The molecule has 1 aliphatic heterocycles. The molecule has 112 valence electrons. The Morgan fingerprint density at radius 1 is 1.35 bits per heavy atom. The van der Waals surface area contributed by atoms with Gasteiger partial charge in [-0.2, -0.15) is 0 Å². The van der Waals surface area contributed by atoms with Gasteiger partial charge in [0.2, 0.25) is 0 Å². The highest BCUT2D eigenvalue weighted by Gasteiger charge is 2.32. The van der Waals surface area contributed by atoms with Gasteiger partial charge in [0, 0.05) is 19.6 Å². The van der Waals surface area contributed by atoms with E-state index in [0.717, 1.165) is 25.2 Å². The molecule has 1 heterocycles. The van der Waals surface area contributed by atoms with Gasteiger partial charge in [0.25, 0.3) is 0 Å². The van der Waals surface area contributed by atoms with E-state index >= 15 is 0 Å². The molecule has 0 aliphatic carbocycles. The van der Waals surface area contributed by atoms with E-state index in [-0.39, 0.29) is 18.3 Å². The highest BCUT2D eigenvalue weighted by Crippen LogP contribution is 2.23. The first-order chi connectivity index (χ1) is 9.50. The number of aliphatic hydroxyl groups is 2. The second kappa shape index (κ2) is 6.68. The van der Waals surface area contributed by atoms with Gasteiger partial charge in [0.15, 0.2) is 0 Å². The normalized spacial score (nSPS) is 24.5. The molecule has 0 radical (unpaired) electrons. The molecule has 0 bridgehead atoms. The average molecular weight is 279 g/mol. The summed E-state index contributed by atoms with van der Waals surface area (Å²) in [7, 11) is 0. The zero-order valence-electron chi connectivity index (χ0n) is 12.3. The maximum atomic E-state index is 10.2. The number of benzene rings is 1. The molecule has 2 rings (SSSR count). The third kappa shape index (κ3) is 4.28. The molecule has 0 aromatic heterocycles. The van der Waals surface area contributed by atoms with Crippen LogP contribution >= 0.6 is 0 Å². The number of hydrogen-bond donors (Lipinski definition) is 2. The van der Waals surface area contributed by atoms with Crippen LogP contribution in [0.25, 0.3) is 0 Å². The van der Waals surface area contributed by atoms with Crippen molar-refractivity contribution in [2.24, 2.45) is 0 Å². The lowest BCUT2D eigenvalue weighted by atomic mass is 10.0. The van der Waals surface area contributed by atoms with Crippen molar-refractivity contribution in [3.63, 3.8) is 0 Å². The molecule has 4 nitrogen and oxygen atoms in total. The van der Waals surface area contributed by atoms with Crippen LogP contribution in [0.4, 0.5) is 0 Å². The van der Waals surface area contributed by atoms with E-state index in [9.17, 15) is 10.2 Å². The molecule has 1 aromatic carbocycles. The van der Waals surface area contributed by atoms with Crippen molar-refractivity contribution in [1.82, 2.24) is 4.90 Å². The Morgan fingerprint density at radius 3 is 2.70 bits per heavy atom. The van der Waals surface area contributed by atoms with Gasteiger partial charge < -0.3 is 14.9 Å². The van der Waals surface area contributed by atoms with Gasteiger partial charge in [-0.25, -0.2) is 0 Å². The molecular weight excluding hydrogens is 254 g/mol. The van der Waals surface area contributed by atoms with E-state index in [4.69, 9.17) is 4.74 Å². The van der Waals surface area contributed by atoms with E-state index in [1.165, 1.54) is 0 Å². The lowest BCUT2D eigenvalue weighted by molar-refractivity contribution is -0.149. The van der Waals surface area contributed by atoms with Crippen molar-refractivity contribution >= 4 is 0 Å². The molecule has 0 spiro atoms. The van der Waals surface area contributed by atoms with E-state index < -0.39 is 6.10 Å². The Labute approximate surface area is 121 Å². The average Bonchev–Trinajstić information content (AvgIpc) is 2.44. The fourth-order valence-corrected chi connectivity index (χ4v) is 2.83. The quantitative estimate of drug-likeness (QED) is 0.859. The summed E-state index contributed by atoms with van der Waals surface area (Å²) < 4.78 is 5.79. The largest absolute Gasteiger partial charge is 0.394 e. The predicted octanol–water partition coefficient (Wildman–Crippen LogP) is 1.58. The number of rotatable bonds is 5. The zero-order valence-corrected chi connectivity index (χ0v) is 12.3. The number of hydrogen-bond acceptors (Lipinski definition) is 4. The van der Waals surface area contributed by atoms with Crippen LogP contribution in [0.1, 0.15) is 31.9 Å². The van der Waals surface area contributed by atoms with E-state index in [1.807, 2.05) is 44.2 Å². The predicted molar refractivity (Wildman–Crippen MR) is 78.5 cm³/mol. The van der Waals surface area contributed by atoms with Gasteiger partial charge in [-0.05, 0) is 25.8 Å². The molecule has 0 amide bonds. The second-order valence-corrected chi connectivity index (χ2v) is 6.13. The molecule has 0 saturated carbocycles. The van der Waals surface area contributed by atoms with Crippen LogP contribution in [0.15, 0.2) is 30.3 Å². The lowest BCUT2D eigenvalue weighted by Crippen LogP contribution is -2.54. The molecule has 4 heteroatoms. The Morgan fingerprint density at radius 2 is 2.05 bits per heavy atom. The molecule has 1 aromatic rings. The second-order valence-electron chi connectivity index (χ2n) is 6.13. The topological polar surface area (TPSA) is 52.9 Å². The monoisotopic (exact) mass is 279 g/mol. The summed E-state index contributed by atoms with van der Waals surface area (Å²) >= 11 is 0. The Balaban J connectivity index is 1.87. The molecule has 2 unspecified atom stereocenters. The summed E-state index contributed by atoms with van der Waals surface area (Å²) in [6, 6.07) is 9.73. The molecule has 20 heavy (non-hydrogen) atoms. The molecular formula is C16H25NO3. The number of nitrogens with zero attached hydrogens (tertiary/aromatic N) is 1. The van der Waals surface area contributed by atoms with Crippen molar-refractivity contribution in [2.45, 2.75) is 38.1 Å². The Bertz CT molecular complexity index is 407. The van der Waals surface area contributed by atoms with E-state index in [0.29, 0.717) is 6.42 Å². The van der Waals surface area contributed by atoms with Crippen molar-refractivity contribution in [2.75, 3.05) is 26.2 Å². The molecule has 1 saturated heterocycles. The minimum Gasteiger partial charge on any atom is -0.394 e. The summed E-state index contributed by atoms with van der Waals surface area (Å²) in [6.07, 6.45) is 0.125. The van der Waals surface area contributed by atoms with E-state index in [1.54, 1.807) is 0 Å². The number of morpholine rings is 1. The van der Waals surface area contributed by atoms with Crippen LogP contribution in [0.5, 0.6) is 0 Å². The van der Waals surface area contributed by atoms with Gasteiger partial charge in [-0.1, -0.05) is 30.3 Å². The summed E-state index contributed by atoms with van der Waals surface area (Å²) in [5.74, 6) is 0. The fourth-order valence-electron chi connectivity index (χ4n) is 2.83. The van der Waals surface area contributed by atoms with Gasteiger partial charge in [-0.3, -0.25) is 4.90 Å². The number of aliphatic hydroxyl groups excluding tert-OH is 2. The van der Waals surface area contributed by atoms with E-state index in [2.05, 4.69) is 4.90 Å². The minimum absolute atomic E-state index is 0.0428. The molecule has 1 aliphatic rings. The van der Waals surface area contributed by atoms with Crippen molar-refractivity contribution < 1.29 is 14.9 Å². The molecule has 2 atom stereocenters. The minimum atomic E-state index is -0.435. The third-order valence-electron chi connectivity index (χ3n) is 3.66. The van der Waals surface area contributed by atoms with Crippen molar-refractivity contribution in [3.05, 3.63) is 35.9 Å². The highest BCUT2D eigenvalue weighted by molar-refractivity contribution is 5.17. The number of ether oxygens (including phenoxy) is 1.